The molecule has 0 atom stereocenters. The lowest BCUT2D eigenvalue weighted by molar-refractivity contribution is -0.130. The molecule has 0 aliphatic carbocycles. The van der Waals surface area contributed by atoms with Crippen LogP contribution in [0.4, 0.5) is 5.69 Å². The highest BCUT2D eigenvalue weighted by atomic mass is 32.2. The average molecular weight is 440 g/mol. The van der Waals surface area contributed by atoms with Crippen molar-refractivity contribution >= 4 is 34.7 Å². The van der Waals surface area contributed by atoms with Crippen molar-refractivity contribution in [1.82, 2.24) is 9.88 Å². The Morgan fingerprint density at radius 1 is 1.10 bits per heavy atom. The quantitative estimate of drug-likeness (QED) is 0.579. The number of thiazole rings is 1. The second kappa shape index (κ2) is 9.53. The molecule has 1 fully saturated rings. The summed E-state index contributed by atoms with van der Waals surface area (Å²) in [6, 6.07) is 15.9. The first-order valence-electron chi connectivity index (χ1n) is 10.0. The van der Waals surface area contributed by atoms with Crippen molar-refractivity contribution in [2.45, 2.75) is 23.4 Å². The Bertz CT molecular complexity index is 996. The number of phenols is 1. The number of amides is 1. The third-order valence-corrected chi connectivity index (χ3v) is 7.34. The van der Waals surface area contributed by atoms with Gasteiger partial charge in [0.1, 0.15) is 10.1 Å². The highest BCUT2D eigenvalue weighted by Crippen LogP contribution is 2.28. The molecule has 1 aliphatic heterocycles. The minimum atomic E-state index is 0.118. The molecule has 1 N–H and O–H groups in total. The first-order valence-corrected chi connectivity index (χ1v) is 11.9. The highest BCUT2D eigenvalue weighted by Gasteiger charge is 2.23. The lowest BCUT2D eigenvalue weighted by atomic mass is 10.2. The summed E-state index contributed by atoms with van der Waals surface area (Å²) in [6.07, 6.45) is 0.345. The van der Waals surface area contributed by atoms with E-state index in [9.17, 15) is 9.90 Å². The van der Waals surface area contributed by atoms with E-state index in [4.69, 9.17) is 0 Å². The van der Waals surface area contributed by atoms with Crippen LogP contribution in [0.1, 0.15) is 16.8 Å². The SMILES string of the molecule is Cc1ccc(CSc2nc(CC(=O)N3CCN(c4ccccc4O)CC3)cs2)cc1. The Morgan fingerprint density at radius 3 is 2.57 bits per heavy atom. The smallest absolute Gasteiger partial charge is 0.228 e. The zero-order chi connectivity index (χ0) is 20.9. The number of phenolic OH excluding ortho intramolecular Hbond substituents is 1. The average Bonchev–Trinajstić information content (AvgIpc) is 3.21. The molecule has 1 amide bonds. The van der Waals surface area contributed by atoms with Crippen molar-refractivity contribution in [3.05, 3.63) is 70.7 Å². The number of benzene rings is 2. The maximum atomic E-state index is 12.7. The minimum Gasteiger partial charge on any atom is -0.506 e. The maximum Gasteiger partial charge on any atom is 0.228 e. The van der Waals surface area contributed by atoms with Gasteiger partial charge >= 0.3 is 0 Å². The van der Waals surface area contributed by atoms with E-state index in [-0.39, 0.29) is 11.7 Å². The van der Waals surface area contributed by atoms with Gasteiger partial charge in [-0.25, -0.2) is 4.98 Å². The molecule has 0 bridgehead atoms. The molecule has 1 aromatic heterocycles. The van der Waals surface area contributed by atoms with Crippen LogP contribution >= 0.6 is 23.1 Å². The summed E-state index contributed by atoms with van der Waals surface area (Å²) in [5.74, 6) is 1.29. The van der Waals surface area contributed by atoms with E-state index < -0.39 is 0 Å². The van der Waals surface area contributed by atoms with Crippen molar-refractivity contribution in [2.24, 2.45) is 0 Å². The van der Waals surface area contributed by atoms with Crippen LogP contribution < -0.4 is 4.90 Å². The van der Waals surface area contributed by atoms with Gasteiger partial charge in [-0.1, -0.05) is 53.7 Å². The number of aromatic nitrogens is 1. The summed E-state index contributed by atoms with van der Waals surface area (Å²) in [7, 11) is 0. The van der Waals surface area contributed by atoms with Gasteiger partial charge in [-0.2, -0.15) is 0 Å². The van der Waals surface area contributed by atoms with E-state index in [0.29, 0.717) is 19.5 Å². The Kier molecular flexibility index (Phi) is 6.59. The number of carbonyl (C=O) groups excluding carboxylic acids is 1. The number of piperazine rings is 1. The van der Waals surface area contributed by atoms with E-state index in [1.165, 1.54) is 11.1 Å². The highest BCUT2D eigenvalue weighted by molar-refractivity contribution is 8.00. The Morgan fingerprint density at radius 2 is 1.83 bits per heavy atom. The molecule has 0 unspecified atom stereocenters. The standard InChI is InChI=1S/C23H25N3O2S2/c1-17-6-8-18(9-7-17)15-29-23-24-19(16-30-23)14-22(28)26-12-10-25(11-13-26)20-4-2-3-5-21(20)27/h2-9,16,27H,10-15H2,1H3. The molecule has 0 radical (unpaired) electrons. The van der Waals surface area contributed by atoms with Crippen LogP contribution in [-0.2, 0) is 17.0 Å². The fraction of sp³-hybridized carbons (Fsp3) is 0.304. The number of carbonyl (C=O) groups is 1. The predicted molar refractivity (Wildman–Crippen MR) is 123 cm³/mol. The van der Waals surface area contributed by atoms with Crippen molar-refractivity contribution in [1.29, 1.82) is 0 Å². The summed E-state index contributed by atoms with van der Waals surface area (Å²) < 4.78 is 1.00. The van der Waals surface area contributed by atoms with E-state index >= 15 is 0 Å². The molecule has 30 heavy (non-hydrogen) atoms. The molecule has 1 saturated heterocycles. The molecule has 0 saturated carbocycles. The minimum absolute atomic E-state index is 0.118. The Hall–Kier alpha value is -2.51. The molecule has 2 heterocycles. The molecule has 7 heteroatoms. The largest absolute Gasteiger partial charge is 0.506 e. The predicted octanol–water partition coefficient (Wildman–Crippen LogP) is 4.34. The van der Waals surface area contributed by atoms with Gasteiger partial charge < -0.3 is 14.9 Å². The van der Waals surface area contributed by atoms with Crippen LogP contribution in [0.15, 0.2) is 58.3 Å². The fourth-order valence-electron chi connectivity index (χ4n) is 3.46. The summed E-state index contributed by atoms with van der Waals surface area (Å²) in [4.78, 5) is 21.4. The second-order valence-electron chi connectivity index (χ2n) is 7.41. The summed E-state index contributed by atoms with van der Waals surface area (Å²) >= 11 is 3.32. The first-order chi connectivity index (χ1) is 14.6. The van der Waals surface area contributed by atoms with Crippen LogP contribution in [0.5, 0.6) is 5.75 Å². The number of anilines is 1. The molecule has 4 rings (SSSR count). The number of nitrogens with zero attached hydrogens (tertiary/aromatic N) is 3. The zero-order valence-electron chi connectivity index (χ0n) is 17.0. The maximum absolute atomic E-state index is 12.7. The number of hydrogen-bond donors (Lipinski definition) is 1. The number of thioether (sulfide) groups is 1. The molecule has 2 aromatic carbocycles. The van der Waals surface area contributed by atoms with Gasteiger partial charge in [-0.15, -0.1) is 11.3 Å². The van der Waals surface area contributed by atoms with Crippen LogP contribution in [0.25, 0.3) is 0 Å². The van der Waals surface area contributed by atoms with Crippen LogP contribution in [0, 0.1) is 6.92 Å². The van der Waals surface area contributed by atoms with E-state index in [2.05, 4.69) is 41.1 Å². The van der Waals surface area contributed by atoms with Crippen molar-refractivity contribution < 1.29 is 9.90 Å². The molecule has 0 spiro atoms. The summed E-state index contributed by atoms with van der Waals surface area (Å²) in [6.45, 7) is 4.85. The molecule has 3 aromatic rings. The summed E-state index contributed by atoms with van der Waals surface area (Å²) in [5, 5.41) is 12.0. The van der Waals surface area contributed by atoms with Gasteiger partial charge in [0.25, 0.3) is 0 Å². The van der Waals surface area contributed by atoms with Gasteiger partial charge in [-0.05, 0) is 24.6 Å². The van der Waals surface area contributed by atoms with Gasteiger partial charge in [0.15, 0.2) is 0 Å². The van der Waals surface area contributed by atoms with Gasteiger partial charge in [-0.3, -0.25) is 4.79 Å². The number of para-hydroxylation sites is 2. The lowest BCUT2D eigenvalue weighted by Gasteiger charge is -2.36. The van der Waals surface area contributed by atoms with E-state index in [1.54, 1.807) is 29.2 Å². The third kappa shape index (κ3) is 5.15. The normalized spacial score (nSPS) is 14.2. The number of aromatic hydroxyl groups is 1. The molecule has 5 nitrogen and oxygen atoms in total. The van der Waals surface area contributed by atoms with Crippen LogP contribution in [0.2, 0.25) is 0 Å². The third-order valence-electron chi connectivity index (χ3n) is 5.20. The van der Waals surface area contributed by atoms with Gasteiger partial charge in [0, 0.05) is 37.3 Å². The van der Waals surface area contributed by atoms with Crippen molar-refractivity contribution in [3.63, 3.8) is 0 Å². The Labute approximate surface area is 185 Å². The van der Waals surface area contributed by atoms with Crippen molar-refractivity contribution in [3.8, 4) is 5.75 Å². The zero-order valence-corrected chi connectivity index (χ0v) is 18.6. The molecular weight excluding hydrogens is 414 g/mol. The number of aryl methyl sites for hydroxylation is 1. The molecular formula is C23H25N3O2S2. The Balaban J connectivity index is 1.26. The molecule has 156 valence electrons. The number of hydrogen-bond acceptors (Lipinski definition) is 6. The van der Waals surface area contributed by atoms with E-state index in [1.807, 2.05) is 28.5 Å². The van der Waals surface area contributed by atoms with E-state index in [0.717, 1.165) is 34.6 Å². The van der Waals surface area contributed by atoms with Crippen LogP contribution in [-0.4, -0.2) is 47.1 Å². The second-order valence-corrected chi connectivity index (χ2v) is 9.49. The first kappa shape index (κ1) is 20.8. The summed E-state index contributed by atoms with van der Waals surface area (Å²) in [5.41, 5.74) is 4.22. The van der Waals surface area contributed by atoms with Gasteiger partial charge in [0.05, 0.1) is 17.8 Å². The lowest BCUT2D eigenvalue weighted by Crippen LogP contribution is -2.49. The topological polar surface area (TPSA) is 56.7 Å². The molecule has 1 aliphatic rings. The van der Waals surface area contributed by atoms with Crippen LogP contribution in [0.3, 0.4) is 0 Å². The number of rotatable bonds is 6. The fourth-order valence-corrected chi connectivity index (χ4v) is 5.26. The monoisotopic (exact) mass is 439 g/mol. The van der Waals surface area contributed by atoms with Crippen molar-refractivity contribution in [2.75, 3.05) is 31.1 Å². The van der Waals surface area contributed by atoms with Gasteiger partial charge in [0.2, 0.25) is 5.91 Å².